The molecule has 21 heavy (non-hydrogen) atoms. The number of carbonyl (C=O) groups is 2. The molecule has 0 fully saturated rings. The molecule has 1 aromatic rings. The number of amides is 2. The second-order valence-electron chi connectivity index (χ2n) is 5.25. The lowest BCUT2D eigenvalue weighted by molar-refractivity contribution is 0.0697. The summed E-state index contributed by atoms with van der Waals surface area (Å²) in [6, 6.07) is 4.07. The summed E-state index contributed by atoms with van der Waals surface area (Å²) in [4.78, 5) is 24.8. The van der Waals surface area contributed by atoms with Crippen LogP contribution in [0.2, 0.25) is 0 Å². The highest BCUT2D eigenvalue weighted by molar-refractivity contribution is 5.94. The van der Waals surface area contributed by atoms with Gasteiger partial charge in [0.2, 0.25) is 0 Å². The molecule has 6 heteroatoms. The van der Waals surface area contributed by atoms with Crippen LogP contribution in [0.4, 0.5) is 10.5 Å². The number of carboxylic acids is 1. The second-order valence-corrected chi connectivity index (χ2v) is 5.25. The summed E-state index contributed by atoms with van der Waals surface area (Å²) in [5, 5.41) is 11.7. The monoisotopic (exact) mass is 294 g/mol. The van der Waals surface area contributed by atoms with Crippen LogP contribution < -0.4 is 10.1 Å². The lowest BCUT2D eigenvalue weighted by Crippen LogP contribution is -2.41. The molecule has 2 N–H and O–H groups in total. The van der Waals surface area contributed by atoms with Crippen molar-refractivity contribution in [3.05, 3.63) is 23.8 Å². The van der Waals surface area contributed by atoms with Crippen molar-refractivity contribution < 1.29 is 19.4 Å². The van der Waals surface area contributed by atoms with Gasteiger partial charge >= 0.3 is 12.0 Å². The molecule has 6 nitrogen and oxygen atoms in total. The molecule has 116 valence electrons. The summed E-state index contributed by atoms with van der Waals surface area (Å²) in [5.74, 6) is -0.330. The molecule has 1 atom stereocenters. The van der Waals surface area contributed by atoms with Crippen LogP contribution in [0.15, 0.2) is 18.2 Å². The van der Waals surface area contributed by atoms with E-state index >= 15 is 0 Å². The highest BCUT2D eigenvalue weighted by Gasteiger charge is 2.20. The molecule has 0 aromatic heterocycles. The first-order valence-electron chi connectivity index (χ1n) is 6.73. The molecule has 0 bridgehead atoms. The van der Waals surface area contributed by atoms with Crippen LogP contribution in [0.5, 0.6) is 5.75 Å². The molecular formula is C15H22N2O4. The van der Waals surface area contributed by atoms with Crippen molar-refractivity contribution in [2.24, 2.45) is 5.92 Å². The number of carbonyl (C=O) groups excluding carboxylic acids is 1. The number of carboxylic acid groups (broad SMARTS) is 1. The first kappa shape index (κ1) is 16.8. The van der Waals surface area contributed by atoms with E-state index < -0.39 is 5.97 Å². The van der Waals surface area contributed by atoms with Gasteiger partial charge < -0.3 is 20.1 Å². The summed E-state index contributed by atoms with van der Waals surface area (Å²) in [6.07, 6.45) is 0. The Hall–Kier alpha value is -2.24. The molecule has 0 aliphatic heterocycles. The third-order valence-corrected chi connectivity index (χ3v) is 3.58. The number of hydrogen-bond acceptors (Lipinski definition) is 3. The normalized spacial score (nSPS) is 11.9. The van der Waals surface area contributed by atoms with E-state index in [1.54, 1.807) is 11.9 Å². The van der Waals surface area contributed by atoms with Crippen molar-refractivity contribution in [3.8, 4) is 5.75 Å². The lowest BCUT2D eigenvalue weighted by Gasteiger charge is -2.28. The van der Waals surface area contributed by atoms with Crippen molar-refractivity contribution in [2.75, 3.05) is 19.5 Å². The minimum atomic E-state index is -1.06. The van der Waals surface area contributed by atoms with E-state index in [2.05, 4.69) is 5.32 Å². The maximum atomic E-state index is 12.2. The number of anilines is 1. The Morgan fingerprint density at radius 3 is 2.38 bits per heavy atom. The van der Waals surface area contributed by atoms with Crippen LogP contribution in [-0.2, 0) is 0 Å². The Morgan fingerprint density at radius 2 is 1.90 bits per heavy atom. The predicted octanol–water partition coefficient (Wildman–Crippen LogP) is 2.90. The van der Waals surface area contributed by atoms with E-state index in [-0.39, 0.29) is 17.6 Å². The summed E-state index contributed by atoms with van der Waals surface area (Å²) in [5.41, 5.74) is 0.427. The first-order chi connectivity index (χ1) is 9.77. The molecule has 0 radical (unpaired) electrons. The summed E-state index contributed by atoms with van der Waals surface area (Å²) in [7, 11) is 3.17. The minimum absolute atomic E-state index is 0.0543. The molecule has 0 aliphatic rings. The average molecular weight is 294 g/mol. The molecule has 1 rings (SSSR count). The van der Waals surface area contributed by atoms with Gasteiger partial charge in [-0.25, -0.2) is 9.59 Å². The van der Waals surface area contributed by atoms with Gasteiger partial charge in [0.25, 0.3) is 0 Å². The van der Waals surface area contributed by atoms with Crippen LogP contribution in [0.1, 0.15) is 31.1 Å². The Kier molecular flexibility index (Phi) is 5.58. The quantitative estimate of drug-likeness (QED) is 0.875. The zero-order valence-electron chi connectivity index (χ0n) is 13.0. The standard InChI is InChI=1S/C15H22N2O4/c1-9(2)10(3)17(4)15(20)16-12-8-11(14(18)19)6-7-13(12)21-5/h6-10H,1-5H3,(H,16,20)(H,18,19). The van der Waals surface area contributed by atoms with E-state index in [0.29, 0.717) is 17.4 Å². The summed E-state index contributed by atoms with van der Waals surface area (Å²) < 4.78 is 5.14. The van der Waals surface area contributed by atoms with Crippen molar-refractivity contribution in [1.82, 2.24) is 4.90 Å². The van der Waals surface area contributed by atoms with Crippen LogP contribution in [0.3, 0.4) is 0 Å². The Morgan fingerprint density at radius 1 is 1.29 bits per heavy atom. The zero-order chi connectivity index (χ0) is 16.2. The maximum absolute atomic E-state index is 12.2. The number of rotatable bonds is 5. The van der Waals surface area contributed by atoms with Crippen molar-refractivity contribution >= 4 is 17.7 Å². The minimum Gasteiger partial charge on any atom is -0.495 e. The van der Waals surface area contributed by atoms with Gasteiger partial charge in [0, 0.05) is 13.1 Å². The number of benzene rings is 1. The Bertz CT molecular complexity index is 528. The lowest BCUT2D eigenvalue weighted by atomic mass is 10.1. The van der Waals surface area contributed by atoms with Crippen LogP contribution in [0.25, 0.3) is 0 Å². The highest BCUT2D eigenvalue weighted by Crippen LogP contribution is 2.26. The van der Waals surface area contributed by atoms with Crippen molar-refractivity contribution in [3.63, 3.8) is 0 Å². The zero-order valence-corrected chi connectivity index (χ0v) is 13.0. The van der Waals surface area contributed by atoms with E-state index in [4.69, 9.17) is 9.84 Å². The number of ether oxygens (including phenoxy) is 1. The fourth-order valence-corrected chi connectivity index (χ4v) is 1.77. The van der Waals surface area contributed by atoms with E-state index in [0.717, 1.165) is 0 Å². The molecule has 2 amide bonds. The largest absolute Gasteiger partial charge is 0.495 e. The SMILES string of the molecule is COc1ccc(C(=O)O)cc1NC(=O)N(C)C(C)C(C)C. The molecule has 0 aliphatic carbocycles. The van der Waals surface area contributed by atoms with Crippen molar-refractivity contribution in [1.29, 1.82) is 0 Å². The Labute approximate surface area is 124 Å². The number of nitrogens with one attached hydrogen (secondary N) is 1. The third-order valence-electron chi connectivity index (χ3n) is 3.58. The van der Waals surface area contributed by atoms with Crippen LogP contribution in [0, 0.1) is 5.92 Å². The van der Waals surface area contributed by atoms with Gasteiger partial charge in [0.15, 0.2) is 0 Å². The van der Waals surface area contributed by atoms with E-state index in [1.807, 2.05) is 20.8 Å². The summed E-state index contributed by atoms with van der Waals surface area (Å²) in [6.45, 7) is 6.01. The van der Waals surface area contributed by atoms with E-state index in [1.165, 1.54) is 25.3 Å². The van der Waals surface area contributed by atoms with Gasteiger partial charge in [-0.15, -0.1) is 0 Å². The molecule has 0 saturated heterocycles. The molecule has 1 aromatic carbocycles. The average Bonchev–Trinajstić information content (AvgIpc) is 2.45. The van der Waals surface area contributed by atoms with Gasteiger partial charge in [0.1, 0.15) is 5.75 Å². The molecule has 1 unspecified atom stereocenters. The van der Waals surface area contributed by atoms with Crippen LogP contribution in [-0.4, -0.2) is 42.2 Å². The van der Waals surface area contributed by atoms with Gasteiger partial charge in [-0.2, -0.15) is 0 Å². The maximum Gasteiger partial charge on any atom is 0.335 e. The van der Waals surface area contributed by atoms with Gasteiger partial charge in [-0.1, -0.05) is 13.8 Å². The predicted molar refractivity (Wildman–Crippen MR) is 81.0 cm³/mol. The van der Waals surface area contributed by atoms with Gasteiger partial charge in [0.05, 0.1) is 18.4 Å². The number of urea groups is 1. The van der Waals surface area contributed by atoms with Crippen LogP contribution >= 0.6 is 0 Å². The van der Waals surface area contributed by atoms with Crippen molar-refractivity contribution in [2.45, 2.75) is 26.8 Å². The number of hydrogen-bond donors (Lipinski definition) is 2. The number of nitrogens with zero attached hydrogens (tertiary/aromatic N) is 1. The Balaban J connectivity index is 2.98. The highest BCUT2D eigenvalue weighted by atomic mass is 16.5. The molecule has 0 spiro atoms. The number of aromatic carboxylic acids is 1. The molecule has 0 heterocycles. The molecule has 0 saturated carbocycles. The smallest absolute Gasteiger partial charge is 0.335 e. The fraction of sp³-hybridized carbons (Fsp3) is 0.467. The van der Waals surface area contributed by atoms with E-state index in [9.17, 15) is 9.59 Å². The third kappa shape index (κ3) is 4.11. The summed E-state index contributed by atoms with van der Waals surface area (Å²) >= 11 is 0. The topological polar surface area (TPSA) is 78.9 Å². The molecular weight excluding hydrogens is 272 g/mol. The first-order valence-corrected chi connectivity index (χ1v) is 6.73. The number of methoxy groups -OCH3 is 1. The second kappa shape index (κ2) is 6.97. The van der Waals surface area contributed by atoms with Gasteiger partial charge in [-0.3, -0.25) is 0 Å². The van der Waals surface area contributed by atoms with Gasteiger partial charge in [-0.05, 0) is 31.0 Å². The fourth-order valence-electron chi connectivity index (χ4n) is 1.77.